The van der Waals surface area contributed by atoms with Crippen LogP contribution in [0.2, 0.25) is 0 Å². The maximum Gasteiger partial charge on any atom is 0.323 e. The van der Waals surface area contributed by atoms with Gasteiger partial charge in [-0.1, -0.05) is 0 Å². The van der Waals surface area contributed by atoms with Crippen LogP contribution in [0.3, 0.4) is 0 Å². The van der Waals surface area contributed by atoms with E-state index in [2.05, 4.69) is 24.1 Å². The molecule has 0 bridgehead atoms. The summed E-state index contributed by atoms with van der Waals surface area (Å²) in [5.74, 6) is -0.0362. The summed E-state index contributed by atoms with van der Waals surface area (Å²) in [5.41, 5.74) is 0. The topological polar surface area (TPSA) is 41.6 Å². The van der Waals surface area contributed by atoms with Gasteiger partial charge in [-0.3, -0.25) is 9.69 Å². The van der Waals surface area contributed by atoms with Crippen LogP contribution in [0.25, 0.3) is 0 Å². The van der Waals surface area contributed by atoms with Crippen molar-refractivity contribution < 1.29 is 9.53 Å². The Morgan fingerprint density at radius 3 is 2.93 bits per heavy atom. The third-order valence-corrected chi connectivity index (χ3v) is 3.12. The highest BCUT2D eigenvalue weighted by Gasteiger charge is 2.37. The summed E-state index contributed by atoms with van der Waals surface area (Å²) in [4.78, 5) is 13.7. The molecule has 3 unspecified atom stereocenters. The number of cyclic esters (lactones) is 1. The zero-order chi connectivity index (χ0) is 10.1. The summed E-state index contributed by atoms with van der Waals surface area (Å²) in [6, 6.07) is 0.913. The van der Waals surface area contributed by atoms with Gasteiger partial charge in [-0.15, -0.1) is 0 Å². The maximum absolute atomic E-state index is 11.4. The van der Waals surface area contributed by atoms with Crippen LogP contribution < -0.4 is 5.32 Å². The van der Waals surface area contributed by atoms with E-state index < -0.39 is 0 Å². The summed E-state index contributed by atoms with van der Waals surface area (Å²) < 4.78 is 5.00. The Hall–Kier alpha value is -0.610. The van der Waals surface area contributed by atoms with Crippen LogP contribution in [-0.4, -0.2) is 48.7 Å². The van der Waals surface area contributed by atoms with Crippen molar-refractivity contribution >= 4 is 5.97 Å². The molecule has 2 rings (SSSR count). The minimum Gasteiger partial charge on any atom is -0.464 e. The number of hydrogen-bond donors (Lipinski definition) is 1. The molecular formula is C10H18N2O2. The first-order chi connectivity index (χ1) is 6.68. The smallest absolute Gasteiger partial charge is 0.323 e. The zero-order valence-corrected chi connectivity index (χ0v) is 8.82. The van der Waals surface area contributed by atoms with Crippen LogP contribution in [0.4, 0.5) is 0 Å². The van der Waals surface area contributed by atoms with E-state index in [1.165, 1.54) is 0 Å². The molecule has 0 aromatic carbocycles. The Labute approximate surface area is 84.6 Å². The van der Waals surface area contributed by atoms with Gasteiger partial charge in [0.2, 0.25) is 0 Å². The van der Waals surface area contributed by atoms with Crippen molar-refractivity contribution in [2.45, 2.75) is 38.4 Å². The summed E-state index contributed by atoms with van der Waals surface area (Å²) in [5, 5.41) is 3.41. The Balaban J connectivity index is 2.03. The number of piperazine rings is 1. The van der Waals surface area contributed by atoms with E-state index in [1.807, 2.05) is 0 Å². The van der Waals surface area contributed by atoms with E-state index >= 15 is 0 Å². The average molecular weight is 198 g/mol. The Bertz CT molecular complexity index is 232. The highest BCUT2D eigenvalue weighted by atomic mass is 16.5. The van der Waals surface area contributed by atoms with E-state index in [0.717, 1.165) is 19.5 Å². The molecule has 2 heterocycles. The van der Waals surface area contributed by atoms with E-state index in [9.17, 15) is 4.79 Å². The minimum atomic E-state index is -0.0362. The van der Waals surface area contributed by atoms with Gasteiger partial charge < -0.3 is 10.1 Å². The quantitative estimate of drug-likeness (QED) is 0.601. The van der Waals surface area contributed by atoms with Gasteiger partial charge in [-0.05, 0) is 13.8 Å². The number of hydrogen-bond acceptors (Lipinski definition) is 4. The molecule has 0 radical (unpaired) electrons. The Morgan fingerprint density at radius 1 is 1.50 bits per heavy atom. The molecule has 0 aliphatic carbocycles. The predicted molar refractivity (Wildman–Crippen MR) is 53.0 cm³/mol. The fourth-order valence-electron chi connectivity index (χ4n) is 2.27. The van der Waals surface area contributed by atoms with Gasteiger partial charge in [0.15, 0.2) is 0 Å². The fourth-order valence-corrected chi connectivity index (χ4v) is 2.27. The molecule has 2 aliphatic heterocycles. The number of esters is 1. The van der Waals surface area contributed by atoms with E-state index in [-0.39, 0.29) is 12.0 Å². The van der Waals surface area contributed by atoms with Gasteiger partial charge in [-0.2, -0.15) is 0 Å². The van der Waals surface area contributed by atoms with Gasteiger partial charge in [0.25, 0.3) is 0 Å². The molecule has 0 amide bonds. The average Bonchev–Trinajstić information content (AvgIpc) is 2.56. The van der Waals surface area contributed by atoms with Crippen LogP contribution in [0.1, 0.15) is 20.3 Å². The first kappa shape index (κ1) is 9.93. The van der Waals surface area contributed by atoms with Crippen molar-refractivity contribution in [1.82, 2.24) is 10.2 Å². The SMILES string of the molecule is CC1CN(C2CCOC2=O)C(C)CN1. The Morgan fingerprint density at radius 2 is 2.29 bits per heavy atom. The van der Waals surface area contributed by atoms with Crippen LogP contribution in [0, 0.1) is 0 Å². The number of carbonyl (C=O) groups excluding carboxylic acids is 1. The predicted octanol–water partition coefficient (Wildman–Crippen LogP) is -0.0159. The lowest BCUT2D eigenvalue weighted by Gasteiger charge is -2.39. The fraction of sp³-hybridized carbons (Fsp3) is 0.900. The second-order valence-electron chi connectivity index (χ2n) is 4.33. The van der Waals surface area contributed by atoms with Crippen LogP contribution >= 0.6 is 0 Å². The molecule has 0 aromatic rings. The van der Waals surface area contributed by atoms with Crippen molar-refractivity contribution in [3.63, 3.8) is 0 Å². The number of rotatable bonds is 1. The molecule has 2 saturated heterocycles. The van der Waals surface area contributed by atoms with Gasteiger partial charge in [0.05, 0.1) is 6.61 Å². The summed E-state index contributed by atoms with van der Waals surface area (Å²) in [7, 11) is 0. The molecule has 14 heavy (non-hydrogen) atoms. The molecule has 0 aromatic heterocycles. The summed E-state index contributed by atoms with van der Waals surface area (Å²) in [6.07, 6.45) is 0.857. The Kier molecular flexibility index (Phi) is 2.74. The summed E-state index contributed by atoms with van der Waals surface area (Å²) >= 11 is 0. The molecular weight excluding hydrogens is 180 g/mol. The standard InChI is InChI=1S/C10H18N2O2/c1-7-6-12(8(2)5-11-7)9-3-4-14-10(9)13/h7-9,11H,3-6H2,1-2H3. The van der Waals surface area contributed by atoms with E-state index in [4.69, 9.17) is 4.74 Å². The van der Waals surface area contributed by atoms with Crippen LogP contribution in [-0.2, 0) is 9.53 Å². The van der Waals surface area contributed by atoms with Gasteiger partial charge in [0, 0.05) is 31.6 Å². The van der Waals surface area contributed by atoms with Gasteiger partial charge in [0.1, 0.15) is 6.04 Å². The van der Waals surface area contributed by atoms with Crippen LogP contribution in [0.5, 0.6) is 0 Å². The second kappa shape index (κ2) is 3.87. The molecule has 0 saturated carbocycles. The normalized spacial score (nSPS) is 39.9. The monoisotopic (exact) mass is 198 g/mol. The lowest BCUT2D eigenvalue weighted by molar-refractivity contribution is -0.143. The van der Waals surface area contributed by atoms with Crippen LogP contribution in [0.15, 0.2) is 0 Å². The van der Waals surface area contributed by atoms with Crippen molar-refractivity contribution in [2.24, 2.45) is 0 Å². The third kappa shape index (κ3) is 1.77. The van der Waals surface area contributed by atoms with Crippen molar-refractivity contribution in [1.29, 1.82) is 0 Å². The van der Waals surface area contributed by atoms with Crippen molar-refractivity contribution in [2.75, 3.05) is 19.7 Å². The number of ether oxygens (including phenoxy) is 1. The third-order valence-electron chi connectivity index (χ3n) is 3.12. The maximum atomic E-state index is 11.4. The first-order valence-electron chi connectivity index (χ1n) is 5.34. The first-order valence-corrected chi connectivity index (χ1v) is 5.34. The van der Waals surface area contributed by atoms with Gasteiger partial charge >= 0.3 is 5.97 Å². The minimum absolute atomic E-state index is 0.00884. The molecule has 0 spiro atoms. The van der Waals surface area contributed by atoms with E-state index in [0.29, 0.717) is 18.7 Å². The highest BCUT2D eigenvalue weighted by molar-refractivity contribution is 5.77. The highest BCUT2D eigenvalue weighted by Crippen LogP contribution is 2.19. The molecule has 2 fully saturated rings. The molecule has 80 valence electrons. The molecule has 3 atom stereocenters. The summed E-state index contributed by atoms with van der Waals surface area (Å²) in [6.45, 7) is 6.81. The van der Waals surface area contributed by atoms with Gasteiger partial charge in [-0.25, -0.2) is 0 Å². The number of carbonyl (C=O) groups is 1. The van der Waals surface area contributed by atoms with E-state index in [1.54, 1.807) is 0 Å². The second-order valence-corrected chi connectivity index (χ2v) is 4.33. The molecule has 1 N–H and O–H groups in total. The van der Waals surface area contributed by atoms with Crippen molar-refractivity contribution in [3.05, 3.63) is 0 Å². The van der Waals surface area contributed by atoms with Crippen molar-refractivity contribution in [3.8, 4) is 0 Å². The number of nitrogens with zero attached hydrogens (tertiary/aromatic N) is 1. The molecule has 4 heteroatoms. The molecule has 4 nitrogen and oxygen atoms in total. The largest absolute Gasteiger partial charge is 0.464 e. The number of nitrogens with one attached hydrogen (secondary N) is 1. The molecule has 2 aliphatic rings. The lowest BCUT2D eigenvalue weighted by Crippen LogP contribution is -2.58. The zero-order valence-electron chi connectivity index (χ0n) is 8.82. The lowest BCUT2D eigenvalue weighted by atomic mass is 10.1.